The summed E-state index contributed by atoms with van der Waals surface area (Å²) in [7, 11) is -4.04. The van der Waals surface area contributed by atoms with E-state index >= 15 is 0 Å². The van der Waals surface area contributed by atoms with Crippen molar-refractivity contribution >= 4 is 33.0 Å². The lowest BCUT2D eigenvalue weighted by Crippen LogP contribution is -2.42. The quantitative estimate of drug-likeness (QED) is 0.170. The number of carbonyl (C=O) groups is 1. The number of H-pyrrole nitrogens is 1. The highest BCUT2D eigenvalue weighted by Gasteiger charge is 2.28. The van der Waals surface area contributed by atoms with Gasteiger partial charge in [0, 0.05) is 6.54 Å². The Morgan fingerprint density at radius 1 is 0.878 bits per heavy atom. The number of fused-ring (bicyclic) bond motifs is 1. The Kier molecular flexibility index (Phi) is 7.92. The van der Waals surface area contributed by atoms with Crippen molar-refractivity contribution in [1.82, 2.24) is 14.7 Å². The Balaban J connectivity index is 1.27. The monoisotopic (exact) mass is 568 g/mol. The second-order valence-electron chi connectivity index (χ2n) is 10.3. The number of nitrogens with one attached hydrogen (secondary N) is 3. The zero-order chi connectivity index (χ0) is 29.1. The summed E-state index contributed by atoms with van der Waals surface area (Å²) in [5, 5.41) is 13.2. The van der Waals surface area contributed by atoms with Crippen LogP contribution in [0.25, 0.3) is 22.2 Å². The van der Waals surface area contributed by atoms with Crippen molar-refractivity contribution in [2.24, 2.45) is 0 Å². The number of nitrogens with zero attached hydrogens (tertiary/aromatic N) is 1. The van der Waals surface area contributed by atoms with Gasteiger partial charge >= 0.3 is 5.97 Å². The molecular weight excluding hydrogens is 536 g/mol. The van der Waals surface area contributed by atoms with Gasteiger partial charge < -0.3 is 15.4 Å². The highest BCUT2D eigenvalue weighted by molar-refractivity contribution is 7.89. The maximum atomic E-state index is 13.2. The molecule has 210 valence electrons. The van der Waals surface area contributed by atoms with Gasteiger partial charge in [0.25, 0.3) is 0 Å². The first-order valence-corrected chi connectivity index (χ1v) is 14.8. The van der Waals surface area contributed by atoms with Gasteiger partial charge in [0.15, 0.2) is 0 Å². The number of sulfonamides is 1. The summed E-state index contributed by atoms with van der Waals surface area (Å²) in [5.41, 5.74) is 7.76. The number of hydrogen-bond acceptors (Lipinski definition) is 5. The number of imidazole rings is 1. The molecule has 0 radical (unpaired) electrons. The minimum absolute atomic E-state index is 0.0141. The van der Waals surface area contributed by atoms with Crippen LogP contribution in [0.15, 0.2) is 89.8 Å². The number of aryl methyl sites for hydroxylation is 3. The fourth-order valence-corrected chi connectivity index (χ4v) is 6.81. The van der Waals surface area contributed by atoms with Crippen LogP contribution >= 0.6 is 0 Å². The molecule has 1 aromatic heterocycles. The van der Waals surface area contributed by atoms with Gasteiger partial charge in [0.1, 0.15) is 6.04 Å². The van der Waals surface area contributed by atoms with Crippen LogP contribution in [0.2, 0.25) is 0 Å². The van der Waals surface area contributed by atoms with Crippen molar-refractivity contribution in [3.05, 3.63) is 113 Å². The number of aromatic amines is 1. The van der Waals surface area contributed by atoms with Gasteiger partial charge in [-0.2, -0.15) is 4.72 Å². The van der Waals surface area contributed by atoms with Gasteiger partial charge in [-0.05, 0) is 78.8 Å². The highest BCUT2D eigenvalue weighted by Crippen LogP contribution is 2.24. The van der Waals surface area contributed by atoms with Gasteiger partial charge in [-0.3, -0.25) is 4.79 Å². The molecule has 5 rings (SSSR count). The molecule has 9 heteroatoms. The standard InChI is InChI=1S/C32H32N4O4S/c1-20-15-21(2)30(22(3)16-20)41(39,40)36-29(31(37)38)18-23-11-13-25(14-12-23)26-8-6-7-24(17-26)19-33-32-34-27-9-4-5-10-28(27)35-32/h4-17,29,36H,18-19H2,1-3H3,(H,37,38)(H2,33,34,35)/t29-/m0/s1. The van der Waals surface area contributed by atoms with Crippen LogP contribution in [0.4, 0.5) is 5.95 Å². The fraction of sp³-hybridized carbons (Fsp3) is 0.188. The largest absolute Gasteiger partial charge is 0.480 e. The summed E-state index contributed by atoms with van der Waals surface area (Å²) >= 11 is 0. The molecule has 0 unspecified atom stereocenters. The van der Waals surface area contributed by atoms with Crippen molar-refractivity contribution < 1.29 is 18.3 Å². The molecule has 0 amide bonds. The summed E-state index contributed by atoms with van der Waals surface area (Å²) in [5.74, 6) is -0.526. The summed E-state index contributed by atoms with van der Waals surface area (Å²) in [6.45, 7) is 5.91. The molecule has 0 saturated carbocycles. The smallest absolute Gasteiger partial charge is 0.322 e. The number of rotatable bonds is 10. The van der Waals surface area contributed by atoms with Crippen LogP contribution < -0.4 is 10.0 Å². The third kappa shape index (κ3) is 6.48. The van der Waals surface area contributed by atoms with E-state index in [4.69, 9.17) is 0 Å². The van der Waals surface area contributed by atoms with Crippen LogP contribution in [0.3, 0.4) is 0 Å². The summed E-state index contributed by atoms with van der Waals surface area (Å²) in [6.07, 6.45) is 0.0141. The lowest BCUT2D eigenvalue weighted by molar-refractivity contribution is -0.138. The average Bonchev–Trinajstić information content (AvgIpc) is 3.34. The van der Waals surface area contributed by atoms with Crippen LogP contribution in [0, 0.1) is 20.8 Å². The third-order valence-corrected chi connectivity index (χ3v) is 8.75. The molecule has 0 aliphatic carbocycles. The van der Waals surface area contributed by atoms with Crippen molar-refractivity contribution in [2.45, 2.75) is 44.7 Å². The Bertz CT molecular complexity index is 1770. The molecular formula is C32H32N4O4S. The maximum absolute atomic E-state index is 13.2. The summed E-state index contributed by atoms with van der Waals surface area (Å²) < 4.78 is 28.7. The normalized spacial score (nSPS) is 12.4. The second kappa shape index (κ2) is 11.6. The molecule has 8 nitrogen and oxygen atoms in total. The SMILES string of the molecule is Cc1cc(C)c(S(=O)(=O)N[C@@H](Cc2ccc(-c3cccc(CNc4nc5ccccc5[nH]4)c3)cc2)C(=O)O)c(C)c1. The predicted molar refractivity (Wildman–Crippen MR) is 161 cm³/mol. The fourth-order valence-electron chi connectivity index (χ4n) is 5.17. The highest BCUT2D eigenvalue weighted by atomic mass is 32.2. The van der Waals surface area contributed by atoms with Crippen molar-refractivity contribution in [2.75, 3.05) is 5.32 Å². The van der Waals surface area contributed by atoms with Gasteiger partial charge in [0.05, 0.1) is 15.9 Å². The number of benzene rings is 4. The molecule has 4 N–H and O–H groups in total. The van der Waals surface area contributed by atoms with E-state index in [0.717, 1.165) is 33.3 Å². The Hall–Kier alpha value is -4.47. The van der Waals surface area contributed by atoms with E-state index in [1.54, 1.807) is 26.0 Å². The molecule has 41 heavy (non-hydrogen) atoms. The zero-order valence-electron chi connectivity index (χ0n) is 23.1. The lowest BCUT2D eigenvalue weighted by atomic mass is 9.99. The van der Waals surface area contributed by atoms with E-state index in [0.29, 0.717) is 29.2 Å². The molecule has 0 saturated heterocycles. The summed E-state index contributed by atoms with van der Waals surface area (Å²) in [4.78, 5) is 20.0. The van der Waals surface area contributed by atoms with Crippen LogP contribution in [0.5, 0.6) is 0 Å². The molecule has 4 aromatic carbocycles. The van der Waals surface area contributed by atoms with Crippen molar-refractivity contribution in [1.29, 1.82) is 0 Å². The van der Waals surface area contributed by atoms with E-state index in [9.17, 15) is 18.3 Å². The summed E-state index contributed by atoms with van der Waals surface area (Å²) in [6, 6.07) is 25.7. The third-order valence-electron chi connectivity index (χ3n) is 6.97. The van der Waals surface area contributed by atoms with Crippen LogP contribution in [-0.4, -0.2) is 35.5 Å². The Labute approximate surface area is 239 Å². The molecule has 0 aliphatic rings. The molecule has 5 aromatic rings. The number of para-hydroxylation sites is 2. The van der Waals surface area contributed by atoms with Crippen molar-refractivity contribution in [3.63, 3.8) is 0 Å². The molecule has 0 bridgehead atoms. The van der Waals surface area contributed by atoms with E-state index in [-0.39, 0.29) is 11.3 Å². The van der Waals surface area contributed by atoms with E-state index in [1.165, 1.54) is 0 Å². The van der Waals surface area contributed by atoms with Gasteiger partial charge in [-0.15, -0.1) is 0 Å². The Morgan fingerprint density at radius 2 is 1.59 bits per heavy atom. The Morgan fingerprint density at radius 3 is 2.27 bits per heavy atom. The molecule has 0 spiro atoms. The average molecular weight is 569 g/mol. The molecule has 1 heterocycles. The number of aliphatic carboxylic acids is 1. The minimum atomic E-state index is -4.04. The first-order valence-electron chi connectivity index (χ1n) is 13.3. The topological polar surface area (TPSA) is 124 Å². The lowest BCUT2D eigenvalue weighted by Gasteiger charge is -2.18. The first kappa shape index (κ1) is 28.1. The second-order valence-corrected chi connectivity index (χ2v) is 11.9. The number of hydrogen-bond donors (Lipinski definition) is 4. The van der Waals surface area contributed by atoms with E-state index in [1.807, 2.05) is 73.7 Å². The first-order chi connectivity index (χ1) is 19.6. The zero-order valence-corrected chi connectivity index (χ0v) is 23.9. The van der Waals surface area contributed by atoms with Gasteiger partial charge in [-0.25, -0.2) is 13.4 Å². The van der Waals surface area contributed by atoms with Crippen LogP contribution in [0.1, 0.15) is 27.8 Å². The number of aromatic nitrogens is 2. The van der Waals surface area contributed by atoms with Crippen LogP contribution in [-0.2, 0) is 27.8 Å². The van der Waals surface area contributed by atoms with E-state index < -0.39 is 22.0 Å². The maximum Gasteiger partial charge on any atom is 0.322 e. The number of carboxylic acids is 1. The number of carboxylic acid groups (broad SMARTS) is 1. The molecule has 0 fully saturated rings. The predicted octanol–water partition coefficient (Wildman–Crippen LogP) is 5.74. The molecule has 0 aliphatic heterocycles. The van der Waals surface area contributed by atoms with Gasteiger partial charge in [0.2, 0.25) is 16.0 Å². The minimum Gasteiger partial charge on any atom is -0.480 e. The van der Waals surface area contributed by atoms with Crippen molar-refractivity contribution in [3.8, 4) is 11.1 Å². The van der Waals surface area contributed by atoms with E-state index in [2.05, 4.69) is 26.1 Å². The van der Waals surface area contributed by atoms with Gasteiger partial charge in [-0.1, -0.05) is 72.3 Å². The molecule has 1 atom stereocenters. The number of anilines is 1.